The summed E-state index contributed by atoms with van der Waals surface area (Å²) in [4.78, 5) is 31.0. The van der Waals surface area contributed by atoms with Crippen molar-refractivity contribution in [2.45, 2.75) is 0 Å². The highest BCUT2D eigenvalue weighted by atomic mass is 32.1. The number of hydrogen-bond donors (Lipinski definition) is 0. The van der Waals surface area contributed by atoms with Crippen LogP contribution in [0.15, 0.2) is 359 Å². The second-order valence-electron chi connectivity index (χ2n) is 34.1. The van der Waals surface area contributed by atoms with Crippen molar-refractivity contribution < 1.29 is 13.3 Å². The Morgan fingerprint density at radius 3 is 0.977 bits per heavy atom. The van der Waals surface area contributed by atoms with Gasteiger partial charge in [-0.25, -0.2) is 29.9 Å². The van der Waals surface area contributed by atoms with Gasteiger partial charge in [0.2, 0.25) is 0 Å². The summed E-state index contributed by atoms with van der Waals surface area (Å²) in [5.41, 5.74) is 29.9. The lowest BCUT2D eigenvalue weighted by Crippen LogP contribution is -1.89. The zero-order valence-electron chi connectivity index (χ0n) is 67.9. The highest BCUT2D eigenvalue weighted by Gasteiger charge is 2.31. The number of thiophene rings is 3. The second kappa shape index (κ2) is 25.2. The normalized spacial score (nSPS) is 12.7. The molecule has 0 amide bonds. The van der Waals surface area contributed by atoms with Gasteiger partial charge in [-0.1, -0.05) is 200 Å². The van der Waals surface area contributed by atoms with Crippen molar-refractivity contribution in [2.75, 3.05) is 0 Å². The molecule has 15 heteroatoms. The fourth-order valence-corrected chi connectivity index (χ4v) is 25.1. The van der Waals surface area contributed by atoms with Crippen LogP contribution in [0.3, 0.4) is 0 Å². The Kier molecular flexibility index (Phi) is 13.4. The average molecular weight is 1700 g/mol. The number of rotatable bonds is 3. The first-order valence-corrected chi connectivity index (χ1v) is 45.7. The predicted octanol–water partition coefficient (Wildman–Crippen LogP) is 32.1. The lowest BCUT2D eigenvalue weighted by molar-refractivity contribution is 0.672. The van der Waals surface area contributed by atoms with E-state index in [4.69, 9.17) is 43.2 Å². The van der Waals surface area contributed by atoms with E-state index in [-0.39, 0.29) is 0 Å². The largest absolute Gasteiger partial charge is 0.455 e. The minimum atomic E-state index is 0.862. The van der Waals surface area contributed by atoms with E-state index in [1.54, 1.807) is 0 Å². The molecular formula is C114H57N9O3S3. The molecule has 15 heterocycles. The van der Waals surface area contributed by atoms with E-state index in [9.17, 15) is 0 Å². The second-order valence-corrected chi connectivity index (χ2v) is 37.3. The fraction of sp³-hybridized carbons (Fsp3) is 0. The van der Waals surface area contributed by atoms with Gasteiger partial charge < -0.3 is 13.3 Å². The highest BCUT2D eigenvalue weighted by molar-refractivity contribution is 7.27. The zero-order valence-corrected chi connectivity index (χ0v) is 70.3. The number of benzene rings is 18. The molecule has 0 bridgehead atoms. The van der Waals surface area contributed by atoms with Gasteiger partial charge in [-0.15, -0.1) is 34.0 Å². The van der Waals surface area contributed by atoms with Crippen molar-refractivity contribution in [3.05, 3.63) is 346 Å². The molecule has 0 spiro atoms. The molecule has 0 aliphatic carbocycles. The lowest BCUT2D eigenvalue weighted by atomic mass is 9.99. The van der Waals surface area contributed by atoms with E-state index in [2.05, 4.69) is 250 Å². The van der Waals surface area contributed by atoms with Gasteiger partial charge in [-0.3, -0.25) is 13.2 Å². The molecule has 33 rings (SSSR count). The van der Waals surface area contributed by atoms with Gasteiger partial charge in [-0.05, 0) is 179 Å². The van der Waals surface area contributed by atoms with Crippen LogP contribution in [0.1, 0.15) is 0 Å². The number of furan rings is 3. The molecule has 129 heavy (non-hydrogen) atoms. The summed E-state index contributed by atoms with van der Waals surface area (Å²) in [6.07, 6.45) is 0. The van der Waals surface area contributed by atoms with Crippen molar-refractivity contribution in [1.29, 1.82) is 0 Å². The molecule has 33 aromatic rings. The van der Waals surface area contributed by atoms with E-state index in [1.165, 1.54) is 126 Å². The van der Waals surface area contributed by atoms with Crippen molar-refractivity contribution in [3.8, 4) is 33.4 Å². The van der Waals surface area contributed by atoms with Crippen molar-refractivity contribution in [2.24, 2.45) is 0 Å². The van der Waals surface area contributed by atoms with Gasteiger partial charge in [0.05, 0.1) is 82.4 Å². The summed E-state index contributed by atoms with van der Waals surface area (Å²) in [7, 11) is 0. The van der Waals surface area contributed by atoms with E-state index in [1.807, 2.05) is 143 Å². The van der Waals surface area contributed by atoms with Crippen LogP contribution in [0.4, 0.5) is 0 Å². The molecule has 594 valence electrons. The molecular weight excluding hydrogens is 1640 g/mol. The number of hydrogen-bond acceptors (Lipinski definition) is 12. The van der Waals surface area contributed by atoms with E-state index >= 15 is 0 Å². The summed E-state index contributed by atoms with van der Waals surface area (Å²) in [6, 6.07) is 123. The Bertz CT molecular complexity index is 10800. The van der Waals surface area contributed by atoms with Gasteiger partial charge in [-0.2, -0.15) is 0 Å². The van der Waals surface area contributed by atoms with Gasteiger partial charge >= 0.3 is 0 Å². The Hall–Kier alpha value is -16.6. The average Bonchev–Trinajstić information content (AvgIpc) is 1.52. The molecule has 0 N–H and O–H groups in total. The van der Waals surface area contributed by atoms with E-state index in [0.717, 1.165) is 182 Å². The molecule has 0 aliphatic rings. The van der Waals surface area contributed by atoms with Crippen LogP contribution in [0.25, 0.3) is 308 Å². The monoisotopic (exact) mass is 1700 g/mol. The topological polar surface area (TPSA) is 130 Å². The van der Waals surface area contributed by atoms with E-state index in [0.29, 0.717) is 0 Å². The predicted molar refractivity (Wildman–Crippen MR) is 539 cm³/mol. The molecule has 0 saturated carbocycles. The molecule has 18 aromatic carbocycles. The van der Waals surface area contributed by atoms with Crippen LogP contribution in [0, 0.1) is 0 Å². The van der Waals surface area contributed by atoms with Crippen molar-refractivity contribution in [3.63, 3.8) is 0 Å². The smallest absolute Gasteiger partial charge is 0.165 e. The molecule has 0 saturated heterocycles. The lowest BCUT2D eigenvalue weighted by Gasteiger charge is -2.05. The Morgan fingerprint density at radius 1 is 0.202 bits per heavy atom. The third kappa shape index (κ3) is 9.37. The summed E-state index contributed by atoms with van der Waals surface area (Å²) < 4.78 is 34.5. The highest BCUT2D eigenvalue weighted by Crippen LogP contribution is 2.52. The van der Waals surface area contributed by atoms with Gasteiger partial charge in [0.25, 0.3) is 0 Å². The SMILES string of the molecule is c1ccc2nc3c(nc2c1)c1c2oc4ccccc4c2cc2c4cc(-c5ccc6c(c5)sc5ccccc56)ccc4n3c21.c1ccc2nc3c(nc2c1)c1c2oc4ccccc4c2cc2c4cc(-c5ccc6sc7ccccc7c6c5)ccc4n3c21.c1ccc2nc3c(nc2c1)c1c2oc4ccccc4c2cc2c4cc(-c5cccc6c5sc5ccccc56)ccc4n3c21. The first-order valence-electron chi connectivity index (χ1n) is 43.3. The van der Waals surface area contributed by atoms with Crippen LogP contribution < -0.4 is 0 Å². The first-order chi connectivity index (χ1) is 63.9. The fourth-order valence-electron chi connectivity index (χ4n) is 21.6. The number of nitrogens with zero attached hydrogens (tertiary/aromatic N) is 9. The Balaban J connectivity index is 0.0000000919. The molecule has 0 aliphatic heterocycles. The summed E-state index contributed by atoms with van der Waals surface area (Å²) in [6.45, 7) is 0. The third-order valence-electron chi connectivity index (χ3n) is 27.3. The van der Waals surface area contributed by atoms with Crippen LogP contribution in [-0.2, 0) is 0 Å². The molecule has 0 atom stereocenters. The molecule has 0 radical (unpaired) electrons. The summed E-state index contributed by atoms with van der Waals surface area (Å²) >= 11 is 5.58. The van der Waals surface area contributed by atoms with E-state index < -0.39 is 0 Å². The van der Waals surface area contributed by atoms with Crippen LogP contribution in [0.5, 0.6) is 0 Å². The number of para-hydroxylation sites is 9. The molecule has 0 fully saturated rings. The number of fused-ring (bicyclic) bond motifs is 42. The Labute approximate surface area is 738 Å². The molecule has 0 unspecified atom stereocenters. The Morgan fingerprint density at radius 2 is 0.519 bits per heavy atom. The molecule has 15 aromatic heterocycles. The van der Waals surface area contributed by atoms with Crippen LogP contribution in [-0.4, -0.2) is 43.1 Å². The van der Waals surface area contributed by atoms with Crippen molar-refractivity contribution in [1.82, 2.24) is 43.1 Å². The van der Waals surface area contributed by atoms with Gasteiger partial charge in [0, 0.05) is 125 Å². The maximum absolute atomic E-state index is 6.57. The maximum Gasteiger partial charge on any atom is 0.165 e. The zero-order chi connectivity index (χ0) is 83.4. The summed E-state index contributed by atoms with van der Waals surface area (Å²) in [5.74, 6) is 0. The quantitative estimate of drug-likeness (QED) is 0.170. The minimum absolute atomic E-state index is 0.862. The van der Waals surface area contributed by atoms with Gasteiger partial charge in [0.1, 0.15) is 50.0 Å². The molecule has 12 nitrogen and oxygen atoms in total. The minimum Gasteiger partial charge on any atom is -0.455 e. The summed E-state index contributed by atoms with van der Waals surface area (Å²) in [5, 5.41) is 24.9. The van der Waals surface area contributed by atoms with Crippen LogP contribution >= 0.6 is 34.0 Å². The van der Waals surface area contributed by atoms with Crippen molar-refractivity contribution >= 4 is 309 Å². The third-order valence-corrected chi connectivity index (χ3v) is 30.8. The maximum atomic E-state index is 6.57. The van der Waals surface area contributed by atoms with Gasteiger partial charge in [0.15, 0.2) is 16.9 Å². The van der Waals surface area contributed by atoms with Crippen LogP contribution in [0.2, 0.25) is 0 Å². The first kappa shape index (κ1) is 68.8. The number of aromatic nitrogens is 9. The standard InChI is InChI=1S/3C38H19N3OS/c1-5-14-31-22(8-1)27-19-26-25-18-20(21-10-7-11-24-23-9-2-6-15-32(23)43-37(21)24)16-17-30(25)41-35(26)33(36(27)42-31)34-38(41)40-29-13-4-3-12-28(29)39-34;1-5-11-31-22(7-1)27-19-26-25-17-20(21-13-15-24-23-8-2-6-12-32(23)43-33(24)18-21)14-16-30(25)41-36(26)34(37(27)42-31)35-38(41)40-29-10-4-3-9-28(29)39-35;1-5-11-31-22(7-1)27-19-26-24-17-20(21-14-16-33-25(18-21)23-8-2-6-12-32(23)43-33)13-15-30(24)41-36(26)34(37(27)42-31)35-38(41)40-29-10-4-3-9-28(29)39-35/h3*1-19H.